The second kappa shape index (κ2) is 9.68. The summed E-state index contributed by atoms with van der Waals surface area (Å²) < 4.78 is 57.3. The molecule has 7 heteroatoms. The van der Waals surface area contributed by atoms with Crippen molar-refractivity contribution >= 4 is 19.7 Å². The average Bonchev–Trinajstić information content (AvgIpc) is 2.85. The molecule has 4 rings (SSSR count). The molecule has 0 aliphatic heterocycles. The maximum Gasteiger partial charge on any atom is 0.206 e. The first kappa shape index (κ1) is 24.7. The topological polar surface area (TPSA) is 77.5 Å². The van der Waals surface area contributed by atoms with E-state index in [0.717, 1.165) is 11.1 Å². The average molecular weight is 507 g/mol. The van der Waals surface area contributed by atoms with Gasteiger partial charge in [0.15, 0.2) is 0 Å². The van der Waals surface area contributed by atoms with Crippen LogP contribution in [-0.2, 0) is 19.7 Å². The molecule has 0 saturated carbocycles. The van der Waals surface area contributed by atoms with Gasteiger partial charge in [-0.15, -0.1) is 0 Å². The van der Waals surface area contributed by atoms with Crippen molar-refractivity contribution < 1.29 is 21.6 Å². The van der Waals surface area contributed by atoms with Crippen LogP contribution in [0.5, 0.6) is 11.5 Å². The molecule has 0 aliphatic rings. The fourth-order valence-electron chi connectivity index (χ4n) is 3.53. The van der Waals surface area contributed by atoms with Crippen LogP contribution in [0.25, 0.3) is 0 Å². The highest BCUT2D eigenvalue weighted by atomic mass is 32.2. The lowest BCUT2D eigenvalue weighted by atomic mass is 10.0. The zero-order chi connectivity index (χ0) is 25.2. The minimum Gasteiger partial charge on any atom is -0.457 e. The van der Waals surface area contributed by atoms with E-state index in [1.54, 1.807) is 60.7 Å². The Morgan fingerprint density at radius 2 is 0.829 bits per heavy atom. The van der Waals surface area contributed by atoms with Crippen molar-refractivity contribution in [1.29, 1.82) is 0 Å². The summed E-state index contributed by atoms with van der Waals surface area (Å²) in [6.45, 7) is 6.01. The molecule has 0 bridgehead atoms. The van der Waals surface area contributed by atoms with Crippen molar-refractivity contribution in [2.45, 2.75) is 46.3 Å². The minimum absolute atomic E-state index is 0.165. The number of rotatable bonds is 7. The summed E-state index contributed by atoms with van der Waals surface area (Å²) in [7, 11) is -7.27. The van der Waals surface area contributed by atoms with Crippen molar-refractivity contribution in [2.75, 3.05) is 0 Å². The fourth-order valence-corrected chi connectivity index (χ4v) is 6.05. The van der Waals surface area contributed by atoms with E-state index >= 15 is 0 Å². The van der Waals surface area contributed by atoms with Crippen molar-refractivity contribution in [1.82, 2.24) is 0 Å². The quantitative estimate of drug-likeness (QED) is 0.283. The summed E-state index contributed by atoms with van der Waals surface area (Å²) in [6.07, 6.45) is 0. The summed E-state index contributed by atoms with van der Waals surface area (Å²) in [5, 5.41) is 0. The van der Waals surface area contributed by atoms with E-state index in [2.05, 4.69) is 13.8 Å². The second-order valence-electron chi connectivity index (χ2n) is 8.59. The van der Waals surface area contributed by atoms with Gasteiger partial charge >= 0.3 is 0 Å². The Bertz CT molecular complexity index is 1520. The van der Waals surface area contributed by atoms with Gasteiger partial charge in [0.2, 0.25) is 19.7 Å². The number of sulfone groups is 2. The van der Waals surface area contributed by atoms with E-state index in [4.69, 9.17) is 4.74 Å². The Kier molecular flexibility index (Phi) is 6.83. The summed E-state index contributed by atoms with van der Waals surface area (Å²) in [5.74, 6) is 1.20. The molecule has 4 aromatic rings. The first-order valence-electron chi connectivity index (χ1n) is 11.1. The lowest BCUT2D eigenvalue weighted by molar-refractivity contribution is 0.481. The zero-order valence-electron chi connectivity index (χ0n) is 19.7. The first-order chi connectivity index (χ1) is 16.6. The molecule has 0 aliphatic carbocycles. The molecule has 0 fully saturated rings. The highest BCUT2D eigenvalue weighted by molar-refractivity contribution is 7.91. The third-order valence-electron chi connectivity index (χ3n) is 5.69. The number of benzene rings is 4. The smallest absolute Gasteiger partial charge is 0.206 e. The Hall–Kier alpha value is -3.42. The van der Waals surface area contributed by atoms with E-state index in [1.807, 2.05) is 19.1 Å². The highest BCUT2D eigenvalue weighted by Crippen LogP contribution is 2.29. The van der Waals surface area contributed by atoms with Crippen molar-refractivity contribution in [3.05, 3.63) is 108 Å². The SMILES string of the molecule is Cc1ccc(S(=O)(=O)c2ccc(Oc3ccc(S(=O)(=O)c4ccc(C(C)C)cc4)cc3)cc2)cc1. The molecule has 0 amide bonds. The van der Waals surface area contributed by atoms with Gasteiger partial charge in [-0.25, -0.2) is 16.8 Å². The molecule has 0 N–H and O–H groups in total. The first-order valence-corrected chi connectivity index (χ1v) is 14.1. The van der Waals surface area contributed by atoms with E-state index in [1.165, 1.54) is 24.3 Å². The number of hydrogen-bond donors (Lipinski definition) is 0. The fraction of sp³-hybridized carbons (Fsp3) is 0.143. The lowest BCUT2D eigenvalue weighted by Crippen LogP contribution is -2.02. The largest absolute Gasteiger partial charge is 0.457 e. The molecule has 0 unspecified atom stereocenters. The van der Waals surface area contributed by atoms with E-state index < -0.39 is 19.7 Å². The van der Waals surface area contributed by atoms with Gasteiger partial charge in [0.1, 0.15) is 11.5 Å². The number of hydrogen-bond acceptors (Lipinski definition) is 5. The van der Waals surface area contributed by atoms with Crippen LogP contribution in [0.4, 0.5) is 0 Å². The Labute approximate surface area is 206 Å². The highest BCUT2D eigenvalue weighted by Gasteiger charge is 2.19. The molecular weight excluding hydrogens is 480 g/mol. The van der Waals surface area contributed by atoms with Gasteiger partial charge in [0.25, 0.3) is 0 Å². The van der Waals surface area contributed by atoms with Crippen molar-refractivity contribution in [2.24, 2.45) is 0 Å². The third kappa shape index (κ3) is 5.31. The normalized spacial score (nSPS) is 12.0. The molecule has 4 aromatic carbocycles. The minimum atomic E-state index is -3.64. The zero-order valence-corrected chi connectivity index (χ0v) is 21.3. The van der Waals surface area contributed by atoms with E-state index in [9.17, 15) is 16.8 Å². The summed E-state index contributed by atoms with van der Waals surface area (Å²) in [6, 6.07) is 25.9. The molecule has 0 radical (unpaired) electrons. The molecule has 180 valence electrons. The molecule has 0 atom stereocenters. The van der Waals surface area contributed by atoms with Crippen LogP contribution >= 0.6 is 0 Å². The van der Waals surface area contributed by atoms with Crippen molar-refractivity contribution in [3.8, 4) is 11.5 Å². The van der Waals surface area contributed by atoms with Crippen LogP contribution < -0.4 is 4.74 Å². The van der Waals surface area contributed by atoms with Gasteiger partial charge in [-0.1, -0.05) is 43.7 Å². The van der Waals surface area contributed by atoms with E-state index in [-0.39, 0.29) is 19.6 Å². The van der Waals surface area contributed by atoms with Crippen molar-refractivity contribution in [3.63, 3.8) is 0 Å². The van der Waals surface area contributed by atoms with Crippen LogP contribution in [0.1, 0.15) is 30.9 Å². The van der Waals surface area contributed by atoms with Gasteiger partial charge in [0.05, 0.1) is 19.6 Å². The molecular formula is C28H26O5S2. The summed E-state index contributed by atoms with van der Waals surface area (Å²) >= 11 is 0. The molecule has 0 spiro atoms. The van der Waals surface area contributed by atoms with Crippen LogP contribution in [0.2, 0.25) is 0 Å². The predicted octanol–water partition coefficient (Wildman–Crippen LogP) is 6.58. The van der Waals surface area contributed by atoms with Crippen LogP contribution in [0, 0.1) is 6.92 Å². The summed E-state index contributed by atoms with van der Waals surface area (Å²) in [5.41, 5.74) is 2.06. The van der Waals surface area contributed by atoms with Gasteiger partial charge in [-0.05, 0) is 91.2 Å². The maximum absolute atomic E-state index is 13.0. The van der Waals surface area contributed by atoms with Crippen LogP contribution in [0.3, 0.4) is 0 Å². The van der Waals surface area contributed by atoms with E-state index in [0.29, 0.717) is 17.4 Å². The van der Waals surface area contributed by atoms with Gasteiger partial charge < -0.3 is 4.74 Å². The summed E-state index contributed by atoms with van der Waals surface area (Å²) in [4.78, 5) is 0.800. The molecule has 0 heterocycles. The second-order valence-corrected chi connectivity index (χ2v) is 12.5. The molecule has 0 aromatic heterocycles. The monoisotopic (exact) mass is 506 g/mol. The molecule has 0 saturated heterocycles. The number of aryl methyl sites for hydroxylation is 1. The lowest BCUT2D eigenvalue weighted by Gasteiger charge is -2.10. The number of ether oxygens (including phenoxy) is 1. The Morgan fingerprint density at radius 1 is 0.514 bits per heavy atom. The van der Waals surface area contributed by atoms with Gasteiger partial charge in [-0.2, -0.15) is 0 Å². The van der Waals surface area contributed by atoms with Gasteiger partial charge in [-0.3, -0.25) is 0 Å². The van der Waals surface area contributed by atoms with Crippen LogP contribution in [-0.4, -0.2) is 16.8 Å². The Morgan fingerprint density at radius 3 is 1.17 bits per heavy atom. The molecule has 5 nitrogen and oxygen atoms in total. The van der Waals surface area contributed by atoms with Crippen LogP contribution in [0.15, 0.2) is 117 Å². The maximum atomic E-state index is 13.0. The van der Waals surface area contributed by atoms with Gasteiger partial charge in [0, 0.05) is 0 Å². The standard InChI is InChI=1S/C28H26O5S2/c1-20(2)22-6-14-26(15-7-22)35(31,32)28-18-10-24(11-19-28)33-23-8-16-27(17-9-23)34(29,30)25-12-4-21(3)5-13-25/h4-20H,1-3H3. The third-order valence-corrected chi connectivity index (χ3v) is 9.26. The predicted molar refractivity (Wildman–Crippen MR) is 136 cm³/mol. The Balaban J connectivity index is 1.49. The molecule has 35 heavy (non-hydrogen) atoms.